The van der Waals surface area contributed by atoms with Gasteiger partial charge >= 0.3 is 0 Å². The Labute approximate surface area is 102 Å². The molecule has 1 aliphatic rings. The second-order valence-electron chi connectivity index (χ2n) is 3.62. The smallest absolute Gasteiger partial charge is 0.267 e. The van der Waals surface area contributed by atoms with Crippen LogP contribution in [0.1, 0.15) is 22.7 Å². The van der Waals surface area contributed by atoms with Crippen molar-refractivity contribution in [3.63, 3.8) is 0 Å². The average molecular weight is 252 g/mol. The number of carbonyl (C=O) groups excluding carboxylic acids is 2. The summed E-state index contributed by atoms with van der Waals surface area (Å²) >= 11 is 1.54. The number of thiazole rings is 1. The lowest BCUT2D eigenvalue weighted by Gasteiger charge is -2.11. The Morgan fingerprint density at radius 2 is 2.41 bits per heavy atom. The fraction of sp³-hybridized carbons (Fsp3) is 0.400. The van der Waals surface area contributed by atoms with E-state index in [1.807, 2.05) is 6.92 Å². The Balaban J connectivity index is 1.87. The molecule has 17 heavy (non-hydrogen) atoms. The molecule has 6 nitrogen and oxygen atoms in total. The summed E-state index contributed by atoms with van der Waals surface area (Å²) in [5.74, 6) is -0.393. The van der Waals surface area contributed by atoms with Crippen molar-refractivity contribution >= 4 is 28.9 Å². The number of carbonyl (C=O) groups is 2. The first-order valence-electron chi connectivity index (χ1n) is 5.20. The summed E-state index contributed by atoms with van der Waals surface area (Å²) in [7, 11) is 0. The van der Waals surface area contributed by atoms with Gasteiger partial charge in [-0.2, -0.15) is 5.10 Å². The number of nitrogens with one attached hydrogen (secondary N) is 2. The SMILES string of the molecule is Cc1ncc(CNC(=O)C2=NNC(=O)CC2)s1. The van der Waals surface area contributed by atoms with Crippen LogP contribution in [0.4, 0.5) is 0 Å². The summed E-state index contributed by atoms with van der Waals surface area (Å²) < 4.78 is 0. The zero-order valence-corrected chi connectivity index (χ0v) is 10.1. The Bertz CT molecular complexity index is 480. The van der Waals surface area contributed by atoms with Gasteiger partial charge in [-0.05, 0) is 6.92 Å². The average Bonchev–Trinajstić information content (AvgIpc) is 2.73. The van der Waals surface area contributed by atoms with E-state index >= 15 is 0 Å². The van der Waals surface area contributed by atoms with Crippen LogP contribution >= 0.6 is 11.3 Å². The van der Waals surface area contributed by atoms with Crippen molar-refractivity contribution in [3.05, 3.63) is 16.1 Å². The molecule has 2 rings (SSSR count). The molecule has 1 aromatic rings. The number of amides is 2. The van der Waals surface area contributed by atoms with Crippen molar-refractivity contribution in [2.24, 2.45) is 5.10 Å². The van der Waals surface area contributed by atoms with Gasteiger partial charge in [-0.3, -0.25) is 9.59 Å². The van der Waals surface area contributed by atoms with Crippen molar-refractivity contribution < 1.29 is 9.59 Å². The molecule has 0 bridgehead atoms. The highest BCUT2D eigenvalue weighted by Crippen LogP contribution is 2.10. The van der Waals surface area contributed by atoms with E-state index in [1.54, 1.807) is 17.5 Å². The Morgan fingerprint density at radius 3 is 3.00 bits per heavy atom. The van der Waals surface area contributed by atoms with Crippen molar-refractivity contribution in [2.45, 2.75) is 26.3 Å². The summed E-state index contributed by atoms with van der Waals surface area (Å²) in [4.78, 5) is 27.6. The number of hydrogen-bond acceptors (Lipinski definition) is 5. The predicted molar refractivity (Wildman–Crippen MR) is 63.5 cm³/mol. The van der Waals surface area contributed by atoms with Gasteiger partial charge in [0.25, 0.3) is 5.91 Å². The van der Waals surface area contributed by atoms with E-state index in [-0.39, 0.29) is 11.8 Å². The number of rotatable bonds is 3. The predicted octanol–water partition coefficient (Wildman–Crippen LogP) is 0.334. The summed E-state index contributed by atoms with van der Waals surface area (Å²) in [6, 6.07) is 0. The quantitative estimate of drug-likeness (QED) is 0.813. The van der Waals surface area contributed by atoms with Gasteiger partial charge in [-0.25, -0.2) is 10.4 Å². The first-order chi connectivity index (χ1) is 8.15. The number of aryl methyl sites for hydroxylation is 1. The molecule has 7 heteroatoms. The molecule has 0 saturated carbocycles. The number of aromatic nitrogens is 1. The monoisotopic (exact) mass is 252 g/mol. The zero-order chi connectivity index (χ0) is 12.3. The van der Waals surface area contributed by atoms with Crippen molar-refractivity contribution in [1.29, 1.82) is 0 Å². The maximum absolute atomic E-state index is 11.7. The highest BCUT2D eigenvalue weighted by Gasteiger charge is 2.17. The molecule has 1 aliphatic heterocycles. The van der Waals surface area contributed by atoms with E-state index < -0.39 is 0 Å². The molecule has 1 aromatic heterocycles. The Hall–Kier alpha value is -1.76. The van der Waals surface area contributed by atoms with Gasteiger partial charge in [-0.15, -0.1) is 11.3 Å². The molecule has 0 atom stereocenters. The van der Waals surface area contributed by atoms with E-state index in [2.05, 4.69) is 20.8 Å². The van der Waals surface area contributed by atoms with Crippen LogP contribution < -0.4 is 10.7 Å². The molecule has 0 spiro atoms. The second kappa shape index (κ2) is 5.05. The molecular weight excluding hydrogens is 240 g/mol. The maximum atomic E-state index is 11.7. The van der Waals surface area contributed by atoms with Crippen molar-refractivity contribution in [3.8, 4) is 0 Å². The maximum Gasteiger partial charge on any atom is 0.267 e. The zero-order valence-electron chi connectivity index (χ0n) is 9.32. The normalized spacial score (nSPS) is 15.1. The molecule has 2 heterocycles. The van der Waals surface area contributed by atoms with Gasteiger partial charge in [0.1, 0.15) is 5.71 Å². The minimum Gasteiger partial charge on any atom is -0.346 e. The minimum absolute atomic E-state index is 0.153. The summed E-state index contributed by atoms with van der Waals surface area (Å²) in [6.07, 6.45) is 2.44. The fourth-order valence-electron chi connectivity index (χ4n) is 1.39. The molecule has 2 amide bonds. The third-order valence-electron chi connectivity index (χ3n) is 2.26. The standard InChI is InChI=1S/C10H12N4O2S/c1-6-11-4-7(17-6)5-12-10(16)8-2-3-9(15)14-13-8/h4H,2-3,5H2,1H3,(H,12,16)(H,14,15). The number of nitrogens with zero attached hydrogens (tertiary/aromatic N) is 2. The van der Waals surface area contributed by atoms with Crippen LogP contribution in [0.25, 0.3) is 0 Å². The first kappa shape index (κ1) is 11.7. The highest BCUT2D eigenvalue weighted by atomic mass is 32.1. The molecule has 0 saturated heterocycles. The van der Waals surface area contributed by atoms with Gasteiger partial charge < -0.3 is 5.32 Å². The fourth-order valence-corrected chi connectivity index (χ4v) is 2.13. The van der Waals surface area contributed by atoms with Crippen LogP contribution in [0.15, 0.2) is 11.3 Å². The minimum atomic E-state index is -0.240. The van der Waals surface area contributed by atoms with E-state index in [4.69, 9.17) is 0 Å². The summed E-state index contributed by atoms with van der Waals surface area (Å²) in [6.45, 7) is 2.36. The highest BCUT2D eigenvalue weighted by molar-refractivity contribution is 7.11. The molecule has 0 unspecified atom stereocenters. The van der Waals surface area contributed by atoms with Crippen LogP contribution in [0.3, 0.4) is 0 Å². The first-order valence-corrected chi connectivity index (χ1v) is 6.01. The Morgan fingerprint density at radius 1 is 1.59 bits per heavy atom. The molecule has 0 aliphatic carbocycles. The van der Waals surface area contributed by atoms with Gasteiger partial charge in [-0.1, -0.05) is 0 Å². The van der Waals surface area contributed by atoms with Crippen molar-refractivity contribution in [2.75, 3.05) is 0 Å². The van der Waals surface area contributed by atoms with Crippen LogP contribution in [0, 0.1) is 6.92 Å². The molecule has 90 valence electrons. The lowest BCUT2D eigenvalue weighted by atomic mass is 10.1. The van der Waals surface area contributed by atoms with E-state index in [0.717, 1.165) is 9.88 Å². The third kappa shape index (κ3) is 3.10. The lowest BCUT2D eigenvalue weighted by Crippen LogP contribution is -2.36. The molecular formula is C10H12N4O2S. The van der Waals surface area contributed by atoms with Crippen LogP contribution in [-0.2, 0) is 16.1 Å². The summed E-state index contributed by atoms with van der Waals surface area (Å²) in [5, 5.41) is 7.44. The van der Waals surface area contributed by atoms with Crippen LogP contribution in [0.5, 0.6) is 0 Å². The molecule has 2 N–H and O–H groups in total. The van der Waals surface area contributed by atoms with E-state index in [9.17, 15) is 9.59 Å². The number of hydrogen-bond donors (Lipinski definition) is 2. The van der Waals surface area contributed by atoms with Gasteiger partial charge in [0, 0.05) is 23.9 Å². The van der Waals surface area contributed by atoms with Gasteiger partial charge in [0.15, 0.2) is 0 Å². The van der Waals surface area contributed by atoms with E-state index in [0.29, 0.717) is 25.1 Å². The second-order valence-corrected chi connectivity index (χ2v) is 4.94. The third-order valence-corrected chi connectivity index (χ3v) is 3.17. The number of hydrazone groups is 1. The molecule has 0 radical (unpaired) electrons. The van der Waals surface area contributed by atoms with E-state index in [1.165, 1.54) is 0 Å². The Kier molecular flexibility index (Phi) is 3.48. The van der Waals surface area contributed by atoms with Crippen LogP contribution in [0.2, 0.25) is 0 Å². The topological polar surface area (TPSA) is 83.4 Å². The largest absolute Gasteiger partial charge is 0.346 e. The van der Waals surface area contributed by atoms with Gasteiger partial charge in [0.05, 0.1) is 11.6 Å². The molecule has 0 fully saturated rings. The van der Waals surface area contributed by atoms with Gasteiger partial charge in [0.2, 0.25) is 5.91 Å². The molecule has 0 aromatic carbocycles. The van der Waals surface area contributed by atoms with Crippen molar-refractivity contribution in [1.82, 2.24) is 15.7 Å². The summed E-state index contributed by atoms with van der Waals surface area (Å²) in [5.41, 5.74) is 2.66. The van der Waals surface area contributed by atoms with Crippen LogP contribution in [-0.4, -0.2) is 22.5 Å². The lowest BCUT2D eigenvalue weighted by molar-refractivity contribution is -0.121.